The van der Waals surface area contributed by atoms with Crippen molar-refractivity contribution in [2.24, 2.45) is 7.05 Å². The molecule has 19 heavy (non-hydrogen) atoms. The summed E-state index contributed by atoms with van der Waals surface area (Å²) in [6, 6.07) is 18.1. The SMILES string of the molecule is Cn1cc(CC(O)c2ccccc2)c2ccccc21. The number of benzene rings is 2. The molecule has 0 aliphatic heterocycles. The van der Waals surface area contributed by atoms with Crippen LogP contribution in [0.4, 0.5) is 0 Å². The zero-order chi connectivity index (χ0) is 13.2. The molecule has 1 aromatic heterocycles. The highest BCUT2D eigenvalue weighted by atomic mass is 16.3. The third-order valence-electron chi connectivity index (χ3n) is 3.58. The molecule has 0 aliphatic rings. The van der Waals surface area contributed by atoms with Gasteiger partial charge in [-0.2, -0.15) is 0 Å². The number of rotatable bonds is 3. The second-order valence-electron chi connectivity index (χ2n) is 4.91. The van der Waals surface area contributed by atoms with E-state index in [-0.39, 0.29) is 0 Å². The lowest BCUT2D eigenvalue weighted by molar-refractivity contribution is 0.179. The van der Waals surface area contributed by atoms with Crippen LogP contribution in [-0.2, 0) is 13.5 Å². The Morgan fingerprint density at radius 2 is 1.68 bits per heavy atom. The molecule has 0 amide bonds. The average Bonchev–Trinajstić information content (AvgIpc) is 2.77. The van der Waals surface area contributed by atoms with Crippen molar-refractivity contribution in [2.45, 2.75) is 12.5 Å². The molecule has 0 saturated heterocycles. The fraction of sp³-hybridized carbons (Fsp3) is 0.176. The van der Waals surface area contributed by atoms with Gasteiger partial charge in [0, 0.05) is 30.6 Å². The molecule has 0 spiro atoms. The Morgan fingerprint density at radius 3 is 2.47 bits per heavy atom. The van der Waals surface area contributed by atoms with E-state index in [9.17, 15) is 5.11 Å². The Morgan fingerprint density at radius 1 is 1.00 bits per heavy atom. The molecule has 3 aromatic rings. The minimum atomic E-state index is -0.452. The van der Waals surface area contributed by atoms with Crippen LogP contribution in [0.1, 0.15) is 17.2 Å². The van der Waals surface area contributed by atoms with Crippen molar-refractivity contribution in [3.8, 4) is 0 Å². The maximum atomic E-state index is 10.3. The van der Waals surface area contributed by atoms with Crippen molar-refractivity contribution >= 4 is 10.9 Å². The number of nitrogens with zero attached hydrogens (tertiary/aromatic N) is 1. The van der Waals surface area contributed by atoms with Crippen molar-refractivity contribution in [1.29, 1.82) is 0 Å². The molecule has 0 fully saturated rings. The lowest BCUT2D eigenvalue weighted by Gasteiger charge is -2.10. The van der Waals surface area contributed by atoms with Gasteiger partial charge in [0.05, 0.1) is 6.10 Å². The minimum absolute atomic E-state index is 0.452. The second kappa shape index (κ2) is 4.90. The topological polar surface area (TPSA) is 25.2 Å². The van der Waals surface area contributed by atoms with E-state index in [4.69, 9.17) is 0 Å². The van der Waals surface area contributed by atoms with Crippen molar-refractivity contribution in [1.82, 2.24) is 4.57 Å². The van der Waals surface area contributed by atoms with Gasteiger partial charge in [-0.05, 0) is 17.2 Å². The van der Waals surface area contributed by atoms with Crippen molar-refractivity contribution in [3.63, 3.8) is 0 Å². The Kier molecular flexibility index (Phi) is 3.10. The molecule has 1 atom stereocenters. The molecule has 3 rings (SSSR count). The first-order valence-corrected chi connectivity index (χ1v) is 6.51. The Balaban J connectivity index is 1.94. The first-order chi connectivity index (χ1) is 9.25. The van der Waals surface area contributed by atoms with E-state index in [0.717, 1.165) is 5.56 Å². The largest absolute Gasteiger partial charge is 0.388 e. The molecule has 0 aliphatic carbocycles. The number of para-hydroxylation sites is 1. The summed E-state index contributed by atoms with van der Waals surface area (Å²) in [6.07, 6.45) is 2.30. The Labute approximate surface area is 112 Å². The van der Waals surface area contributed by atoms with E-state index < -0.39 is 6.10 Å². The number of aryl methyl sites for hydroxylation is 1. The van der Waals surface area contributed by atoms with Crippen molar-refractivity contribution < 1.29 is 5.11 Å². The Hall–Kier alpha value is -2.06. The summed E-state index contributed by atoms with van der Waals surface area (Å²) < 4.78 is 2.11. The Bertz CT molecular complexity index is 685. The van der Waals surface area contributed by atoms with Gasteiger partial charge >= 0.3 is 0 Å². The quantitative estimate of drug-likeness (QED) is 0.757. The first-order valence-electron chi connectivity index (χ1n) is 6.51. The summed E-state index contributed by atoms with van der Waals surface area (Å²) in [6.45, 7) is 0. The van der Waals surface area contributed by atoms with Gasteiger partial charge in [0.15, 0.2) is 0 Å². The number of aromatic nitrogens is 1. The van der Waals surface area contributed by atoms with Crippen LogP contribution < -0.4 is 0 Å². The third-order valence-corrected chi connectivity index (χ3v) is 3.58. The van der Waals surface area contributed by atoms with Gasteiger partial charge in [0.2, 0.25) is 0 Å². The van der Waals surface area contributed by atoms with Crippen LogP contribution in [0.25, 0.3) is 10.9 Å². The normalized spacial score (nSPS) is 12.7. The fourth-order valence-corrected chi connectivity index (χ4v) is 2.59. The highest BCUT2D eigenvalue weighted by Gasteiger charge is 2.12. The summed E-state index contributed by atoms with van der Waals surface area (Å²) in [5, 5.41) is 11.6. The molecule has 2 heteroatoms. The summed E-state index contributed by atoms with van der Waals surface area (Å²) in [4.78, 5) is 0. The molecule has 96 valence electrons. The second-order valence-corrected chi connectivity index (χ2v) is 4.91. The van der Waals surface area contributed by atoms with E-state index in [1.807, 2.05) is 49.5 Å². The minimum Gasteiger partial charge on any atom is -0.388 e. The van der Waals surface area contributed by atoms with Gasteiger partial charge in [-0.15, -0.1) is 0 Å². The molecular weight excluding hydrogens is 234 g/mol. The first kappa shape index (κ1) is 12.0. The summed E-state index contributed by atoms with van der Waals surface area (Å²) in [7, 11) is 2.04. The number of hydrogen-bond acceptors (Lipinski definition) is 1. The number of fused-ring (bicyclic) bond motifs is 1. The van der Waals surface area contributed by atoms with Gasteiger partial charge in [0.1, 0.15) is 0 Å². The van der Waals surface area contributed by atoms with Crippen LogP contribution in [0.15, 0.2) is 60.8 Å². The van der Waals surface area contributed by atoms with E-state index in [2.05, 4.69) is 22.9 Å². The van der Waals surface area contributed by atoms with Gasteiger partial charge in [-0.3, -0.25) is 0 Å². The van der Waals surface area contributed by atoms with E-state index >= 15 is 0 Å². The molecular formula is C17H17NO. The van der Waals surface area contributed by atoms with Crippen molar-refractivity contribution in [2.75, 3.05) is 0 Å². The predicted octanol–water partition coefficient (Wildman–Crippen LogP) is 3.45. The molecule has 2 aromatic carbocycles. The maximum absolute atomic E-state index is 10.3. The monoisotopic (exact) mass is 251 g/mol. The zero-order valence-corrected chi connectivity index (χ0v) is 11.0. The molecule has 2 nitrogen and oxygen atoms in total. The highest BCUT2D eigenvalue weighted by molar-refractivity contribution is 5.83. The van der Waals surface area contributed by atoms with Crippen LogP contribution in [-0.4, -0.2) is 9.67 Å². The lowest BCUT2D eigenvalue weighted by Crippen LogP contribution is -2.01. The summed E-state index contributed by atoms with van der Waals surface area (Å²) >= 11 is 0. The van der Waals surface area contributed by atoms with E-state index in [1.54, 1.807) is 0 Å². The molecule has 0 saturated carbocycles. The smallest absolute Gasteiger partial charge is 0.0831 e. The number of aliphatic hydroxyl groups is 1. The molecule has 0 radical (unpaired) electrons. The summed E-state index contributed by atoms with van der Waals surface area (Å²) in [5.74, 6) is 0. The van der Waals surface area contributed by atoms with Crippen LogP contribution in [0.3, 0.4) is 0 Å². The molecule has 1 unspecified atom stereocenters. The van der Waals surface area contributed by atoms with Crippen LogP contribution >= 0.6 is 0 Å². The highest BCUT2D eigenvalue weighted by Crippen LogP contribution is 2.25. The average molecular weight is 251 g/mol. The van der Waals surface area contributed by atoms with Gasteiger partial charge in [0.25, 0.3) is 0 Å². The lowest BCUT2D eigenvalue weighted by atomic mass is 10.0. The van der Waals surface area contributed by atoms with Gasteiger partial charge in [-0.25, -0.2) is 0 Å². The number of aliphatic hydroxyl groups excluding tert-OH is 1. The van der Waals surface area contributed by atoms with Crippen LogP contribution in [0, 0.1) is 0 Å². The number of hydrogen-bond donors (Lipinski definition) is 1. The molecule has 1 heterocycles. The van der Waals surface area contributed by atoms with Crippen LogP contribution in [0.2, 0.25) is 0 Å². The van der Waals surface area contributed by atoms with Gasteiger partial charge < -0.3 is 9.67 Å². The standard InChI is InChI=1S/C17H17NO/c1-18-12-14(15-9-5-6-10-16(15)18)11-17(19)13-7-3-2-4-8-13/h2-10,12,17,19H,11H2,1H3. The van der Waals surface area contributed by atoms with E-state index in [0.29, 0.717) is 6.42 Å². The van der Waals surface area contributed by atoms with Crippen LogP contribution in [0.5, 0.6) is 0 Å². The molecule has 0 bridgehead atoms. The molecule has 1 N–H and O–H groups in total. The predicted molar refractivity (Wildman–Crippen MR) is 78.0 cm³/mol. The van der Waals surface area contributed by atoms with Gasteiger partial charge in [-0.1, -0.05) is 48.5 Å². The summed E-state index contributed by atoms with van der Waals surface area (Å²) in [5.41, 5.74) is 3.36. The van der Waals surface area contributed by atoms with Crippen molar-refractivity contribution in [3.05, 3.63) is 71.9 Å². The van der Waals surface area contributed by atoms with E-state index in [1.165, 1.54) is 16.5 Å². The fourth-order valence-electron chi connectivity index (χ4n) is 2.59. The maximum Gasteiger partial charge on any atom is 0.0831 e. The zero-order valence-electron chi connectivity index (χ0n) is 11.0. The third kappa shape index (κ3) is 2.27.